The number of esters is 2. The minimum atomic E-state index is -0.886. The Bertz CT molecular complexity index is 891. The number of thioether (sulfide) groups is 2. The largest absolute Gasteiger partial charge is 0.462 e. The van der Waals surface area contributed by atoms with Crippen molar-refractivity contribution < 1.29 is 19.1 Å². The van der Waals surface area contributed by atoms with Crippen LogP contribution in [0.3, 0.4) is 0 Å². The summed E-state index contributed by atoms with van der Waals surface area (Å²) in [5.41, 5.74) is 1.61. The molecule has 0 saturated heterocycles. The van der Waals surface area contributed by atoms with Gasteiger partial charge in [-0.2, -0.15) is 5.10 Å². The topological polar surface area (TPSA) is 71.4 Å². The lowest BCUT2D eigenvalue weighted by Crippen LogP contribution is -2.47. The molecule has 3 rings (SSSR count). The fraction of sp³-hybridized carbons (Fsp3) is 0.450. The summed E-state index contributed by atoms with van der Waals surface area (Å²) in [6.45, 7) is 6.13. The van der Waals surface area contributed by atoms with Gasteiger partial charge in [0.25, 0.3) is 0 Å². The van der Waals surface area contributed by atoms with Crippen LogP contribution in [0.2, 0.25) is 5.02 Å². The van der Waals surface area contributed by atoms with Crippen LogP contribution in [0, 0.1) is 0 Å². The van der Waals surface area contributed by atoms with E-state index in [1.165, 1.54) is 23.5 Å². The Kier molecular flexibility index (Phi) is 7.26. The van der Waals surface area contributed by atoms with Gasteiger partial charge in [-0.25, -0.2) is 14.6 Å². The van der Waals surface area contributed by atoms with Crippen LogP contribution in [0.5, 0.6) is 0 Å². The van der Waals surface area contributed by atoms with E-state index in [2.05, 4.69) is 12.0 Å². The number of allylic oxidation sites excluding steroid dienone is 1. The van der Waals surface area contributed by atoms with Gasteiger partial charge >= 0.3 is 11.9 Å². The zero-order valence-electron chi connectivity index (χ0n) is 17.3. The second kappa shape index (κ2) is 9.53. The van der Waals surface area contributed by atoms with Crippen molar-refractivity contribution in [3.05, 3.63) is 39.9 Å². The minimum absolute atomic E-state index is 0.229. The predicted molar refractivity (Wildman–Crippen MR) is 122 cm³/mol. The van der Waals surface area contributed by atoms with Crippen molar-refractivity contribution in [3.63, 3.8) is 0 Å². The first kappa shape index (κ1) is 22.8. The normalized spacial score (nSPS) is 20.8. The van der Waals surface area contributed by atoms with Gasteiger partial charge in [0.05, 0.1) is 18.9 Å². The van der Waals surface area contributed by atoms with Crippen molar-refractivity contribution in [1.82, 2.24) is 4.90 Å². The molecule has 0 N–H and O–H groups in total. The van der Waals surface area contributed by atoms with Crippen molar-refractivity contribution >= 4 is 57.8 Å². The Labute approximate surface area is 189 Å². The first-order valence-electron chi connectivity index (χ1n) is 9.71. The van der Waals surface area contributed by atoms with E-state index >= 15 is 0 Å². The number of carbonyl (C=O) groups is 2. The second-order valence-electron chi connectivity index (χ2n) is 6.47. The molecule has 2 aliphatic heterocycles. The number of nitrogens with zero attached hydrogens (tertiary/aromatic N) is 3. The summed E-state index contributed by atoms with van der Waals surface area (Å²) in [7, 11) is 1.91. The highest BCUT2D eigenvalue weighted by Crippen LogP contribution is 2.59. The number of rotatable bonds is 7. The number of hydrogen-bond donors (Lipinski definition) is 0. The standard InChI is InChI=1S/C20H24ClN3O4S2/c1-5-8-15-16(18(25)27-6-2)29-20(23(15)4)24(14-11-9-13(21)10-12-14)22-17(30-20)19(26)28-7-3/h9-12H,5-8H2,1-4H3/t20-/m1/s1. The third-order valence-corrected chi connectivity index (χ3v) is 7.71. The third-order valence-electron chi connectivity index (χ3n) is 4.48. The molecule has 1 aromatic rings. The highest BCUT2D eigenvalue weighted by atomic mass is 35.5. The molecule has 0 aromatic heterocycles. The molecule has 7 nitrogen and oxygen atoms in total. The SMILES string of the molecule is CCCC1=C(C(=O)OCC)S[C@@]2(SC(C(=O)OCC)=NN2c2ccc(Cl)cc2)N1C. The van der Waals surface area contributed by atoms with Gasteiger partial charge in [-0.1, -0.05) is 36.7 Å². The van der Waals surface area contributed by atoms with Gasteiger partial charge in [-0.05, 0) is 56.3 Å². The summed E-state index contributed by atoms with van der Waals surface area (Å²) in [5, 5.41) is 7.15. The Morgan fingerprint density at radius 1 is 1.07 bits per heavy atom. The number of hydrogen-bond acceptors (Lipinski definition) is 9. The summed E-state index contributed by atoms with van der Waals surface area (Å²) >= 11 is 8.66. The summed E-state index contributed by atoms with van der Waals surface area (Å²) in [4.78, 5) is 27.8. The van der Waals surface area contributed by atoms with Crippen LogP contribution in [0.1, 0.15) is 33.6 Å². The fourth-order valence-corrected chi connectivity index (χ4v) is 6.17. The van der Waals surface area contributed by atoms with Gasteiger partial charge < -0.3 is 14.4 Å². The van der Waals surface area contributed by atoms with Crippen LogP contribution in [0.25, 0.3) is 0 Å². The van der Waals surface area contributed by atoms with E-state index in [9.17, 15) is 9.59 Å². The molecule has 1 spiro atoms. The second-order valence-corrected chi connectivity index (χ2v) is 9.51. The van der Waals surface area contributed by atoms with Gasteiger partial charge in [-0.3, -0.25) is 0 Å². The molecule has 1 atom stereocenters. The van der Waals surface area contributed by atoms with Gasteiger partial charge in [0.1, 0.15) is 4.91 Å². The van der Waals surface area contributed by atoms with Crippen LogP contribution in [-0.4, -0.2) is 46.5 Å². The molecule has 0 aliphatic carbocycles. The van der Waals surface area contributed by atoms with Crippen molar-refractivity contribution in [2.75, 3.05) is 25.3 Å². The van der Waals surface area contributed by atoms with E-state index in [-0.39, 0.29) is 24.2 Å². The molecule has 162 valence electrons. The van der Waals surface area contributed by atoms with Crippen LogP contribution >= 0.6 is 35.1 Å². The summed E-state index contributed by atoms with van der Waals surface area (Å²) in [6.07, 6.45) is 1.56. The monoisotopic (exact) mass is 469 g/mol. The highest BCUT2D eigenvalue weighted by Gasteiger charge is 2.57. The quantitative estimate of drug-likeness (QED) is 0.535. The van der Waals surface area contributed by atoms with E-state index in [4.69, 9.17) is 21.1 Å². The highest BCUT2D eigenvalue weighted by molar-refractivity contribution is 8.28. The molecule has 0 saturated carbocycles. The molecule has 1 aromatic carbocycles. The summed E-state index contributed by atoms with van der Waals surface area (Å²) in [5.74, 6) is -0.857. The average Bonchev–Trinajstić information content (AvgIpc) is 3.24. The molecule has 2 aliphatic rings. The molecule has 0 amide bonds. The van der Waals surface area contributed by atoms with Crippen LogP contribution in [-0.2, 0) is 19.1 Å². The first-order valence-corrected chi connectivity index (χ1v) is 11.7. The minimum Gasteiger partial charge on any atom is -0.462 e. The zero-order chi connectivity index (χ0) is 21.9. The maximum absolute atomic E-state index is 12.7. The van der Waals surface area contributed by atoms with Gasteiger partial charge in [0.15, 0.2) is 0 Å². The van der Waals surface area contributed by atoms with Crippen molar-refractivity contribution in [1.29, 1.82) is 0 Å². The Hall–Kier alpha value is -1.84. The Morgan fingerprint density at radius 2 is 1.70 bits per heavy atom. The smallest absolute Gasteiger partial charge is 0.365 e. The van der Waals surface area contributed by atoms with Crippen molar-refractivity contribution in [3.8, 4) is 0 Å². The lowest BCUT2D eigenvalue weighted by atomic mass is 10.2. The third kappa shape index (κ3) is 4.15. The maximum Gasteiger partial charge on any atom is 0.365 e. The van der Waals surface area contributed by atoms with E-state index in [1.54, 1.807) is 31.0 Å². The van der Waals surface area contributed by atoms with Crippen LogP contribution in [0.4, 0.5) is 5.69 Å². The molecular formula is C20H24ClN3O4S2. The lowest BCUT2D eigenvalue weighted by Gasteiger charge is -2.39. The van der Waals surface area contributed by atoms with E-state index in [0.717, 1.165) is 17.8 Å². The summed E-state index contributed by atoms with van der Waals surface area (Å²) in [6, 6.07) is 7.19. The zero-order valence-corrected chi connectivity index (χ0v) is 19.7. The van der Waals surface area contributed by atoms with Crippen LogP contribution < -0.4 is 5.01 Å². The van der Waals surface area contributed by atoms with E-state index in [1.807, 2.05) is 24.1 Å². The lowest BCUT2D eigenvalue weighted by molar-refractivity contribution is -0.137. The van der Waals surface area contributed by atoms with Crippen molar-refractivity contribution in [2.45, 2.75) is 37.9 Å². The average molecular weight is 470 g/mol. The number of anilines is 1. The van der Waals surface area contributed by atoms with Crippen molar-refractivity contribution in [2.24, 2.45) is 5.10 Å². The van der Waals surface area contributed by atoms with E-state index in [0.29, 0.717) is 16.3 Å². The molecule has 0 unspecified atom stereocenters. The molecule has 0 fully saturated rings. The molecule has 0 bridgehead atoms. The number of hydrazone groups is 1. The number of carbonyl (C=O) groups excluding carboxylic acids is 2. The molecular weight excluding hydrogens is 446 g/mol. The Morgan fingerprint density at radius 3 is 2.30 bits per heavy atom. The molecule has 10 heteroatoms. The Balaban J connectivity index is 2.05. The van der Waals surface area contributed by atoms with Gasteiger partial charge in [-0.15, -0.1) is 0 Å². The van der Waals surface area contributed by atoms with Gasteiger partial charge in [0.2, 0.25) is 9.37 Å². The first-order chi connectivity index (χ1) is 14.4. The number of ether oxygens (including phenoxy) is 2. The number of halogens is 1. The van der Waals surface area contributed by atoms with Gasteiger partial charge in [0, 0.05) is 17.8 Å². The molecule has 0 radical (unpaired) electrons. The summed E-state index contributed by atoms with van der Waals surface area (Å²) < 4.78 is 9.60. The number of benzene rings is 1. The molecule has 2 heterocycles. The predicted octanol–water partition coefficient (Wildman–Crippen LogP) is 4.63. The van der Waals surface area contributed by atoms with Crippen LogP contribution in [0.15, 0.2) is 40.0 Å². The fourth-order valence-electron chi connectivity index (χ4n) is 3.15. The van der Waals surface area contributed by atoms with E-state index < -0.39 is 10.3 Å². The molecule has 30 heavy (non-hydrogen) atoms. The maximum atomic E-state index is 12.7.